The monoisotopic (exact) mass is 696 g/mol. The van der Waals surface area contributed by atoms with Crippen LogP contribution in [0.2, 0.25) is 0 Å². The molecule has 0 unspecified atom stereocenters. The van der Waals surface area contributed by atoms with Gasteiger partial charge in [-0.1, -0.05) is 0 Å². The number of nitrogens with zero attached hydrogens (tertiary/aromatic N) is 2. The highest BCUT2D eigenvalue weighted by molar-refractivity contribution is 7.18. The van der Waals surface area contributed by atoms with Gasteiger partial charge in [-0.3, -0.25) is 0 Å². The maximum atomic E-state index is 5.97. The molecule has 6 aromatic heterocycles. The first-order valence-electron chi connectivity index (χ1n) is 16.2. The Morgan fingerprint density at radius 3 is 0.979 bits per heavy atom. The van der Waals surface area contributed by atoms with E-state index in [2.05, 4.69) is 106 Å². The van der Waals surface area contributed by atoms with Crippen LogP contribution in [0.4, 0.5) is 0 Å². The normalized spacial score (nSPS) is 16.1. The summed E-state index contributed by atoms with van der Waals surface area (Å²) in [4.78, 5) is 10.1. The first-order valence-corrected chi connectivity index (χ1v) is 19.4. The van der Waals surface area contributed by atoms with Gasteiger partial charge in [0.25, 0.3) is 0 Å². The fourth-order valence-corrected chi connectivity index (χ4v) is 9.90. The fourth-order valence-electron chi connectivity index (χ4n) is 6.12. The maximum Gasteiger partial charge on any atom is 0.0701 e. The van der Waals surface area contributed by atoms with E-state index in [9.17, 15) is 0 Å². The Bertz CT molecular complexity index is 1750. The average molecular weight is 697 g/mol. The highest BCUT2D eigenvalue weighted by Crippen LogP contribution is 2.39. The lowest BCUT2D eigenvalue weighted by Crippen LogP contribution is -2.12. The third kappa shape index (κ3) is 6.98. The van der Waals surface area contributed by atoms with E-state index in [1.54, 1.807) is 0 Å². The summed E-state index contributed by atoms with van der Waals surface area (Å²) in [6.07, 6.45) is 10.9. The van der Waals surface area contributed by atoms with Crippen molar-refractivity contribution in [3.8, 4) is 42.3 Å². The lowest BCUT2D eigenvalue weighted by atomic mass is 10.3. The van der Waals surface area contributed by atoms with Gasteiger partial charge in [-0.05, 0) is 110 Å². The lowest BCUT2D eigenvalue weighted by Gasteiger charge is -2.13. The summed E-state index contributed by atoms with van der Waals surface area (Å²) in [7, 11) is 0. The number of ether oxygens (including phenoxy) is 3. The van der Waals surface area contributed by atoms with E-state index in [0.29, 0.717) is 39.6 Å². The second-order valence-electron chi connectivity index (χ2n) is 11.5. The maximum absolute atomic E-state index is 5.97. The van der Waals surface area contributed by atoms with Gasteiger partial charge in [0, 0.05) is 45.8 Å². The number of rotatable bonds is 0. The molecule has 0 aromatic carbocycles. The van der Waals surface area contributed by atoms with Crippen LogP contribution in [0.25, 0.3) is 66.6 Å². The van der Waals surface area contributed by atoms with Crippen LogP contribution in [0, 0.1) is 0 Å². The van der Waals surface area contributed by atoms with Gasteiger partial charge in [0.2, 0.25) is 0 Å². The van der Waals surface area contributed by atoms with Crippen LogP contribution < -0.4 is 0 Å². The molecule has 0 spiro atoms. The molecule has 3 aliphatic rings. The molecule has 0 N–H and O–H groups in total. The van der Waals surface area contributed by atoms with Gasteiger partial charge >= 0.3 is 0 Å². The van der Waals surface area contributed by atoms with E-state index in [-0.39, 0.29) is 0 Å². The van der Waals surface area contributed by atoms with Crippen molar-refractivity contribution in [3.63, 3.8) is 0 Å². The number of fused-ring (bicyclic) bond motifs is 12. The third-order valence-corrected chi connectivity index (χ3v) is 12.7. The molecule has 240 valence electrons. The molecule has 0 aliphatic carbocycles. The summed E-state index contributed by atoms with van der Waals surface area (Å²) < 4.78 is 22.7. The molecule has 6 aromatic rings. The van der Waals surface area contributed by atoms with Crippen molar-refractivity contribution in [2.75, 3.05) is 39.6 Å². The van der Waals surface area contributed by atoms with E-state index < -0.39 is 0 Å². The summed E-state index contributed by atoms with van der Waals surface area (Å²) in [6.45, 7) is 5.53. The number of aromatic nitrogens is 2. The van der Waals surface area contributed by atoms with Crippen LogP contribution in [0.15, 0.2) is 72.8 Å². The summed E-state index contributed by atoms with van der Waals surface area (Å²) in [5, 5.41) is 0. The highest BCUT2D eigenvalue weighted by atomic mass is 32.1. The summed E-state index contributed by atoms with van der Waals surface area (Å²) in [5.74, 6) is 0. The lowest BCUT2D eigenvalue weighted by molar-refractivity contribution is 0.0129. The minimum atomic E-state index is 0.585. The average Bonchev–Trinajstić information content (AvgIpc) is 3.92. The zero-order valence-electron chi connectivity index (χ0n) is 26.1. The van der Waals surface area contributed by atoms with E-state index in [0.717, 1.165) is 25.9 Å². The fraction of sp³-hybridized carbons (Fsp3) is 0.263. The van der Waals surface area contributed by atoms with Crippen LogP contribution in [0.1, 0.15) is 32.4 Å². The minimum absolute atomic E-state index is 0.585. The Hall–Kier alpha value is -3.28. The predicted molar refractivity (Wildman–Crippen MR) is 202 cm³/mol. The Morgan fingerprint density at radius 2 is 0.660 bits per heavy atom. The van der Waals surface area contributed by atoms with Crippen molar-refractivity contribution in [3.05, 3.63) is 92.3 Å². The molecule has 47 heavy (non-hydrogen) atoms. The van der Waals surface area contributed by atoms with Crippen LogP contribution in [0.5, 0.6) is 0 Å². The molecular weight excluding hydrogens is 661 g/mol. The van der Waals surface area contributed by atoms with Gasteiger partial charge in [0.15, 0.2) is 0 Å². The molecule has 0 saturated carbocycles. The van der Waals surface area contributed by atoms with E-state index >= 15 is 0 Å². The molecular formula is C38H36N2O3S4. The molecule has 9 rings (SSSR count). The Balaban J connectivity index is 1.23. The molecule has 0 atom stereocenters. The van der Waals surface area contributed by atoms with Crippen molar-refractivity contribution in [1.82, 2.24) is 9.13 Å². The number of thiophene rings is 4. The van der Waals surface area contributed by atoms with Gasteiger partial charge in [0.1, 0.15) is 0 Å². The molecule has 0 amide bonds. The molecule has 0 radical (unpaired) electrons. The number of hydrogen-bond acceptors (Lipinski definition) is 7. The van der Waals surface area contributed by atoms with Crippen molar-refractivity contribution < 1.29 is 14.2 Å². The predicted octanol–water partition coefficient (Wildman–Crippen LogP) is 10.7. The van der Waals surface area contributed by atoms with Crippen molar-refractivity contribution >= 4 is 69.7 Å². The first kappa shape index (κ1) is 31.0. The molecule has 14 bridgehead atoms. The van der Waals surface area contributed by atoms with Gasteiger partial charge in [-0.2, -0.15) is 0 Å². The molecule has 9 heterocycles. The van der Waals surface area contributed by atoms with E-state index in [1.807, 2.05) is 45.3 Å². The van der Waals surface area contributed by atoms with Crippen LogP contribution in [0.3, 0.4) is 0 Å². The topological polar surface area (TPSA) is 37.6 Å². The largest absolute Gasteiger partial charge is 0.379 e. The van der Waals surface area contributed by atoms with Gasteiger partial charge in [-0.15, -0.1) is 45.3 Å². The Kier molecular flexibility index (Phi) is 9.54. The minimum Gasteiger partial charge on any atom is -0.379 e. The standard InChI is InChI=1S/C38H36N2O3S4/c1-19-39-31-11-12-32(39)36-16-8-28(45-36)4-6-30-10-18-38(47-30)34-14-13-33(40(34)20-2-22-42-24-26-43-25-23-41-21-1)37-17-9-29(46-37)5-3-27-7-15-35(31)44-27/h3-18H,1-2,19-26H2. The summed E-state index contributed by atoms with van der Waals surface area (Å²) in [5.41, 5.74) is 5.03. The Morgan fingerprint density at radius 1 is 0.362 bits per heavy atom. The first-order chi connectivity index (χ1) is 23.3. The second-order valence-corrected chi connectivity index (χ2v) is 16.0. The van der Waals surface area contributed by atoms with E-state index in [1.165, 1.54) is 61.8 Å². The Labute approximate surface area is 291 Å². The molecule has 5 nitrogen and oxygen atoms in total. The molecule has 0 saturated heterocycles. The molecule has 0 fully saturated rings. The summed E-state index contributed by atoms with van der Waals surface area (Å²) >= 11 is 7.39. The second kappa shape index (κ2) is 14.5. The van der Waals surface area contributed by atoms with Crippen molar-refractivity contribution in [2.24, 2.45) is 0 Å². The quantitative estimate of drug-likeness (QED) is 0.148. The SMILES string of the molecule is C1=Cc2ccc(s2)-c2ccc3n2CCCOCCOCCOCCCn2c(ccc2-c2ccc(s2)C=Cc2ccc-3s2)-c2ccc1s2. The molecule has 9 heteroatoms. The highest BCUT2D eigenvalue weighted by Gasteiger charge is 2.17. The molecule has 3 aliphatic heterocycles. The van der Waals surface area contributed by atoms with E-state index in [4.69, 9.17) is 14.2 Å². The zero-order chi connectivity index (χ0) is 31.4. The summed E-state index contributed by atoms with van der Waals surface area (Å²) in [6, 6.07) is 27.2. The van der Waals surface area contributed by atoms with Crippen molar-refractivity contribution in [2.45, 2.75) is 25.9 Å². The van der Waals surface area contributed by atoms with Crippen molar-refractivity contribution in [1.29, 1.82) is 0 Å². The smallest absolute Gasteiger partial charge is 0.0701 e. The van der Waals surface area contributed by atoms with Gasteiger partial charge in [0.05, 0.1) is 68.7 Å². The van der Waals surface area contributed by atoms with Gasteiger partial charge < -0.3 is 23.3 Å². The van der Waals surface area contributed by atoms with Gasteiger partial charge in [-0.25, -0.2) is 0 Å². The van der Waals surface area contributed by atoms with Crippen LogP contribution in [-0.2, 0) is 27.3 Å². The third-order valence-electron chi connectivity index (χ3n) is 8.39. The van der Waals surface area contributed by atoms with Crippen LogP contribution in [-0.4, -0.2) is 48.8 Å². The number of hydrogen-bond donors (Lipinski definition) is 0. The zero-order valence-corrected chi connectivity index (χ0v) is 29.3. The van der Waals surface area contributed by atoms with Crippen LogP contribution >= 0.6 is 45.3 Å².